The molecule has 0 bridgehead atoms. The van der Waals surface area contributed by atoms with Gasteiger partial charge in [-0.3, -0.25) is 4.79 Å². The Morgan fingerprint density at radius 1 is 1.21 bits per heavy atom. The molecule has 0 radical (unpaired) electrons. The molecular weight excluding hydrogens is 332 g/mol. The van der Waals surface area contributed by atoms with Gasteiger partial charge in [-0.2, -0.15) is 5.10 Å². The van der Waals surface area contributed by atoms with Gasteiger partial charge in [0.15, 0.2) is 11.5 Å². The number of halogens is 1. The molecule has 2 aromatic carbocycles. The van der Waals surface area contributed by atoms with Gasteiger partial charge in [0, 0.05) is 16.1 Å². The molecule has 0 spiro atoms. The van der Waals surface area contributed by atoms with Gasteiger partial charge in [0.1, 0.15) is 0 Å². The monoisotopic (exact) mass is 348 g/mol. The van der Waals surface area contributed by atoms with Crippen molar-refractivity contribution in [1.29, 1.82) is 0 Å². The number of phenolic OH excluding ortho intramolecular Hbond substituents is 1. The first kappa shape index (κ1) is 17.6. The van der Waals surface area contributed by atoms with Crippen LogP contribution < -0.4 is 14.9 Å². The highest BCUT2D eigenvalue weighted by Crippen LogP contribution is 2.39. The van der Waals surface area contributed by atoms with Gasteiger partial charge in [-0.15, -0.1) is 0 Å². The average molecular weight is 349 g/mol. The number of amides is 1. The van der Waals surface area contributed by atoms with Crippen molar-refractivity contribution >= 4 is 23.2 Å². The first-order chi connectivity index (χ1) is 11.5. The lowest BCUT2D eigenvalue weighted by atomic mass is 10.1. The van der Waals surface area contributed by atoms with E-state index in [2.05, 4.69) is 10.5 Å². The molecule has 0 aliphatic carbocycles. The topological polar surface area (TPSA) is 80.2 Å². The SMILES string of the molecule is COc1ccc(/C(C)=N/NC(=O)c2cccc(Cl)c2)c(O)c1OC. The summed E-state index contributed by atoms with van der Waals surface area (Å²) in [5, 5.41) is 14.7. The van der Waals surface area contributed by atoms with Crippen molar-refractivity contribution in [2.75, 3.05) is 14.2 Å². The first-order valence-corrected chi connectivity index (χ1v) is 7.40. The van der Waals surface area contributed by atoms with Gasteiger partial charge < -0.3 is 14.6 Å². The average Bonchev–Trinajstić information content (AvgIpc) is 2.58. The quantitative estimate of drug-likeness (QED) is 0.642. The van der Waals surface area contributed by atoms with E-state index in [0.29, 0.717) is 27.6 Å². The van der Waals surface area contributed by atoms with Gasteiger partial charge in [-0.25, -0.2) is 5.43 Å². The number of benzene rings is 2. The standard InChI is InChI=1S/C17H17ClN2O4/c1-10(13-7-8-14(23-2)16(24-3)15(13)21)19-20-17(22)11-5-4-6-12(18)9-11/h4-9,21H,1-3H3,(H,20,22)/b19-10+. The van der Waals surface area contributed by atoms with E-state index in [1.54, 1.807) is 37.3 Å². The summed E-state index contributed by atoms with van der Waals surface area (Å²) in [6.07, 6.45) is 0. The van der Waals surface area contributed by atoms with Gasteiger partial charge in [0.2, 0.25) is 5.75 Å². The molecule has 0 fully saturated rings. The Morgan fingerprint density at radius 3 is 2.58 bits per heavy atom. The number of hydrazone groups is 1. The van der Waals surface area contributed by atoms with Gasteiger partial charge in [-0.1, -0.05) is 17.7 Å². The molecule has 126 valence electrons. The summed E-state index contributed by atoms with van der Waals surface area (Å²) in [5.41, 5.74) is 3.63. The maximum atomic E-state index is 12.1. The fourth-order valence-corrected chi connectivity index (χ4v) is 2.28. The van der Waals surface area contributed by atoms with Crippen molar-refractivity contribution in [3.05, 3.63) is 52.5 Å². The number of hydrogen-bond donors (Lipinski definition) is 2. The predicted molar refractivity (Wildman–Crippen MR) is 92.3 cm³/mol. The molecule has 0 saturated carbocycles. The number of phenols is 1. The molecule has 1 amide bonds. The lowest BCUT2D eigenvalue weighted by Gasteiger charge is -2.12. The van der Waals surface area contributed by atoms with Gasteiger partial charge in [0.05, 0.1) is 19.9 Å². The van der Waals surface area contributed by atoms with Gasteiger partial charge >= 0.3 is 0 Å². The molecular formula is C17H17ClN2O4. The molecule has 24 heavy (non-hydrogen) atoms. The summed E-state index contributed by atoms with van der Waals surface area (Å²) in [4.78, 5) is 12.1. The Hall–Kier alpha value is -2.73. The van der Waals surface area contributed by atoms with E-state index in [1.807, 2.05) is 0 Å². The lowest BCUT2D eigenvalue weighted by Crippen LogP contribution is -2.19. The number of hydrogen-bond acceptors (Lipinski definition) is 5. The zero-order chi connectivity index (χ0) is 17.7. The van der Waals surface area contributed by atoms with Crippen LogP contribution in [0, 0.1) is 0 Å². The number of nitrogens with zero attached hydrogens (tertiary/aromatic N) is 1. The third kappa shape index (κ3) is 3.78. The molecule has 0 heterocycles. The molecule has 2 aromatic rings. The minimum Gasteiger partial charge on any atom is -0.504 e. The Labute approximate surface area is 144 Å². The van der Waals surface area contributed by atoms with E-state index < -0.39 is 5.91 Å². The van der Waals surface area contributed by atoms with E-state index in [0.717, 1.165) is 0 Å². The van der Waals surface area contributed by atoms with Crippen LogP contribution in [0.5, 0.6) is 17.2 Å². The van der Waals surface area contributed by atoms with E-state index in [4.69, 9.17) is 21.1 Å². The van der Waals surface area contributed by atoms with Crippen LogP contribution in [0.1, 0.15) is 22.8 Å². The molecule has 7 heteroatoms. The lowest BCUT2D eigenvalue weighted by molar-refractivity contribution is 0.0955. The van der Waals surface area contributed by atoms with Crippen molar-refractivity contribution in [2.24, 2.45) is 5.10 Å². The summed E-state index contributed by atoms with van der Waals surface area (Å²) in [5.74, 6) is 0.0761. The molecule has 0 unspecified atom stereocenters. The highest BCUT2D eigenvalue weighted by molar-refractivity contribution is 6.30. The van der Waals surface area contributed by atoms with Gasteiger partial charge in [0.25, 0.3) is 5.91 Å². The van der Waals surface area contributed by atoms with Crippen LogP contribution in [0.3, 0.4) is 0 Å². The van der Waals surface area contributed by atoms with E-state index in [9.17, 15) is 9.90 Å². The highest BCUT2D eigenvalue weighted by Gasteiger charge is 2.16. The number of carbonyl (C=O) groups excluding carboxylic acids is 1. The largest absolute Gasteiger partial charge is 0.504 e. The molecule has 0 aliphatic heterocycles. The fourth-order valence-electron chi connectivity index (χ4n) is 2.09. The first-order valence-electron chi connectivity index (χ1n) is 7.02. The second-order valence-corrected chi connectivity index (χ2v) is 5.28. The second-order valence-electron chi connectivity index (χ2n) is 4.85. The Balaban J connectivity index is 2.24. The summed E-state index contributed by atoms with van der Waals surface area (Å²) in [6.45, 7) is 1.65. The molecule has 0 saturated heterocycles. The number of carbonyl (C=O) groups is 1. The fraction of sp³-hybridized carbons (Fsp3) is 0.176. The van der Waals surface area contributed by atoms with E-state index in [-0.39, 0.29) is 11.5 Å². The zero-order valence-corrected chi connectivity index (χ0v) is 14.2. The Bertz CT molecular complexity index is 790. The number of nitrogens with one attached hydrogen (secondary N) is 1. The molecule has 0 aliphatic rings. The molecule has 2 N–H and O–H groups in total. The molecule has 2 rings (SSSR count). The zero-order valence-electron chi connectivity index (χ0n) is 13.5. The third-order valence-electron chi connectivity index (χ3n) is 3.32. The highest BCUT2D eigenvalue weighted by atomic mass is 35.5. The van der Waals surface area contributed by atoms with Crippen LogP contribution >= 0.6 is 11.6 Å². The van der Waals surface area contributed by atoms with Crippen molar-refractivity contribution in [3.8, 4) is 17.2 Å². The number of aromatic hydroxyl groups is 1. The minimum atomic E-state index is -0.406. The molecule has 0 aromatic heterocycles. The second kappa shape index (κ2) is 7.70. The summed E-state index contributed by atoms with van der Waals surface area (Å²) in [7, 11) is 2.90. The minimum absolute atomic E-state index is 0.116. The van der Waals surface area contributed by atoms with E-state index >= 15 is 0 Å². The number of ether oxygens (including phenoxy) is 2. The van der Waals surface area contributed by atoms with Crippen LogP contribution in [0.15, 0.2) is 41.5 Å². The summed E-state index contributed by atoms with van der Waals surface area (Å²) in [6, 6.07) is 9.78. The Kier molecular flexibility index (Phi) is 5.65. The van der Waals surface area contributed by atoms with Crippen LogP contribution in [-0.2, 0) is 0 Å². The van der Waals surface area contributed by atoms with Crippen LogP contribution in [0.2, 0.25) is 5.02 Å². The smallest absolute Gasteiger partial charge is 0.271 e. The van der Waals surface area contributed by atoms with Crippen molar-refractivity contribution in [1.82, 2.24) is 5.43 Å². The van der Waals surface area contributed by atoms with E-state index in [1.165, 1.54) is 20.3 Å². The van der Waals surface area contributed by atoms with Crippen molar-refractivity contribution in [2.45, 2.75) is 6.92 Å². The predicted octanol–water partition coefficient (Wildman–Crippen LogP) is 3.22. The molecule has 6 nitrogen and oxygen atoms in total. The normalized spacial score (nSPS) is 11.1. The summed E-state index contributed by atoms with van der Waals surface area (Å²) < 4.78 is 10.2. The maximum Gasteiger partial charge on any atom is 0.271 e. The van der Waals surface area contributed by atoms with Crippen molar-refractivity contribution in [3.63, 3.8) is 0 Å². The number of methoxy groups -OCH3 is 2. The number of rotatable bonds is 5. The maximum absolute atomic E-state index is 12.1. The van der Waals surface area contributed by atoms with Crippen molar-refractivity contribution < 1.29 is 19.4 Å². The molecule has 0 atom stereocenters. The summed E-state index contributed by atoms with van der Waals surface area (Å²) >= 11 is 5.86. The third-order valence-corrected chi connectivity index (χ3v) is 3.56. The van der Waals surface area contributed by atoms with Crippen LogP contribution in [0.25, 0.3) is 0 Å². The Morgan fingerprint density at radius 2 is 1.96 bits per heavy atom. The van der Waals surface area contributed by atoms with Crippen LogP contribution in [0.4, 0.5) is 0 Å². The van der Waals surface area contributed by atoms with Crippen LogP contribution in [-0.4, -0.2) is 30.9 Å². The van der Waals surface area contributed by atoms with Gasteiger partial charge in [-0.05, 0) is 37.3 Å².